The van der Waals surface area contributed by atoms with Crippen LogP contribution in [0.25, 0.3) is 0 Å². The third-order valence-electron chi connectivity index (χ3n) is 4.37. The average molecular weight is 513 g/mol. The van der Waals surface area contributed by atoms with Crippen LogP contribution >= 0.6 is 24.0 Å². The van der Waals surface area contributed by atoms with Crippen molar-refractivity contribution < 1.29 is 9.53 Å². The van der Waals surface area contributed by atoms with Crippen LogP contribution in [0.5, 0.6) is 0 Å². The highest BCUT2D eigenvalue weighted by Gasteiger charge is 2.15. The molecule has 2 rings (SSSR count). The van der Waals surface area contributed by atoms with Gasteiger partial charge in [0.2, 0.25) is 0 Å². The minimum atomic E-state index is -0.333. The molecule has 2 aromatic rings. The van der Waals surface area contributed by atoms with Crippen LogP contribution in [0.1, 0.15) is 53.9 Å². The van der Waals surface area contributed by atoms with Crippen LogP contribution in [0.3, 0.4) is 0 Å². The second-order valence-corrected chi connectivity index (χ2v) is 7.08. The van der Waals surface area contributed by atoms with Gasteiger partial charge in [-0.3, -0.25) is 4.68 Å². The number of rotatable bonds is 7. The summed E-state index contributed by atoms with van der Waals surface area (Å²) < 4.78 is 6.60. The van der Waals surface area contributed by atoms with Crippen LogP contribution in [-0.2, 0) is 24.9 Å². The summed E-state index contributed by atoms with van der Waals surface area (Å²) in [4.78, 5) is 18.4. The van der Waals surface area contributed by atoms with Crippen molar-refractivity contribution in [2.75, 3.05) is 20.7 Å². The minimum Gasteiger partial charge on any atom is -0.465 e. The molecule has 29 heavy (non-hydrogen) atoms. The van der Waals surface area contributed by atoms with E-state index in [4.69, 9.17) is 9.73 Å². The van der Waals surface area contributed by atoms with Gasteiger partial charge in [0.25, 0.3) is 0 Å². The lowest BCUT2D eigenvalue weighted by Crippen LogP contribution is -2.38. The first-order chi connectivity index (χ1) is 13.3. The molecule has 1 aromatic heterocycles. The largest absolute Gasteiger partial charge is 0.465 e. The molecule has 0 atom stereocenters. The quantitative estimate of drug-likeness (QED) is 0.266. The Morgan fingerprint density at radius 1 is 1.31 bits per heavy atom. The predicted molar refractivity (Wildman–Crippen MR) is 127 cm³/mol. The number of nitrogens with zero attached hydrogens (tertiary/aromatic N) is 4. The number of aromatic nitrogens is 2. The third-order valence-corrected chi connectivity index (χ3v) is 4.37. The molecule has 0 saturated heterocycles. The molecule has 0 saturated carbocycles. The molecular formula is C21H32IN5O2. The number of hydrogen-bond acceptors (Lipinski definition) is 4. The molecule has 0 aliphatic heterocycles. The number of hydrogen-bond donors (Lipinski definition) is 1. The molecule has 1 aromatic carbocycles. The second-order valence-electron chi connectivity index (χ2n) is 7.08. The second kappa shape index (κ2) is 11.8. The maximum atomic E-state index is 11.5. The van der Waals surface area contributed by atoms with Gasteiger partial charge >= 0.3 is 5.97 Å². The Balaban J connectivity index is 0.00000420. The number of halogens is 1. The Hall–Kier alpha value is -2.10. The van der Waals surface area contributed by atoms with Crippen LogP contribution in [-0.4, -0.2) is 47.3 Å². The zero-order chi connectivity index (χ0) is 20.7. The number of aliphatic imine (C=N–C) groups is 1. The summed E-state index contributed by atoms with van der Waals surface area (Å²) in [6.45, 7) is 8.41. The summed E-state index contributed by atoms with van der Waals surface area (Å²) in [6, 6.07) is 7.32. The van der Waals surface area contributed by atoms with Crippen molar-refractivity contribution in [3.8, 4) is 0 Å². The van der Waals surface area contributed by atoms with E-state index in [1.165, 1.54) is 12.7 Å². The van der Waals surface area contributed by atoms with Gasteiger partial charge in [-0.15, -0.1) is 24.0 Å². The van der Waals surface area contributed by atoms with E-state index in [-0.39, 0.29) is 29.9 Å². The van der Waals surface area contributed by atoms with Crippen molar-refractivity contribution in [1.29, 1.82) is 0 Å². The average Bonchev–Trinajstić information content (AvgIpc) is 3.05. The highest BCUT2D eigenvalue weighted by Crippen LogP contribution is 2.18. The van der Waals surface area contributed by atoms with E-state index in [0.29, 0.717) is 18.0 Å². The maximum Gasteiger partial charge on any atom is 0.337 e. The summed E-state index contributed by atoms with van der Waals surface area (Å²) >= 11 is 0. The highest BCUT2D eigenvalue weighted by molar-refractivity contribution is 14.0. The lowest BCUT2D eigenvalue weighted by atomic mass is 10.1. The number of methoxy groups -OCH3 is 1. The maximum absolute atomic E-state index is 11.5. The first kappa shape index (κ1) is 24.9. The number of esters is 1. The summed E-state index contributed by atoms with van der Waals surface area (Å²) in [6.07, 6.45) is 2.07. The van der Waals surface area contributed by atoms with E-state index >= 15 is 0 Å². The van der Waals surface area contributed by atoms with Crippen molar-refractivity contribution >= 4 is 35.9 Å². The van der Waals surface area contributed by atoms with Crippen LogP contribution in [0.15, 0.2) is 35.5 Å². The molecule has 160 valence electrons. The lowest BCUT2D eigenvalue weighted by Gasteiger charge is -2.22. The van der Waals surface area contributed by atoms with E-state index in [1.807, 2.05) is 30.9 Å². The first-order valence-electron chi connectivity index (χ1n) is 9.54. The SMILES string of the molecule is CCNC(=NCc1ccc(C(=O)OC)cc1)N(C)Cc1cn(C)nc1C(C)C.I. The van der Waals surface area contributed by atoms with Gasteiger partial charge in [0.1, 0.15) is 0 Å². The fourth-order valence-corrected chi connectivity index (χ4v) is 2.99. The van der Waals surface area contributed by atoms with Crippen molar-refractivity contribution in [2.24, 2.45) is 12.0 Å². The number of guanidine groups is 1. The molecule has 0 aliphatic rings. The van der Waals surface area contributed by atoms with Gasteiger partial charge in [0.15, 0.2) is 5.96 Å². The summed E-state index contributed by atoms with van der Waals surface area (Å²) in [7, 11) is 5.36. The standard InChI is InChI=1S/C21H31N5O2.HI/c1-7-22-21(23-12-16-8-10-17(11-9-16)20(27)28-6)25(4)13-18-14-26(5)24-19(18)15(2)3;/h8-11,14-15H,7,12-13H2,1-6H3,(H,22,23);1H. The van der Waals surface area contributed by atoms with Crippen LogP contribution in [0.2, 0.25) is 0 Å². The molecule has 0 unspecified atom stereocenters. The Morgan fingerprint density at radius 3 is 2.52 bits per heavy atom. The molecule has 0 amide bonds. The van der Waals surface area contributed by atoms with Gasteiger partial charge in [-0.05, 0) is 30.5 Å². The third kappa shape index (κ3) is 7.02. The van der Waals surface area contributed by atoms with Gasteiger partial charge in [-0.2, -0.15) is 5.10 Å². The van der Waals surface area contributed by atoms with Gasteiger partial charge < -0.3 is 15.0 Å². The fourth-order valence-electron chi connectivity index (χ4n) is 2.99. The monoisotopic (exact) mass is 513 g/mol. The summed E-state index contributed by atoms with van der Waals surface area (Å²) in [5.74, 6) is 0.871. The van der Waals surface area contributed by atoms with E-state index in [0.717, 1.165) is 30.3 Å². The molecule has 1 heterocycles. The number of benzene rings is 1. The zero-order valence-corrected chi connectivity index (χ0v) is 20.4. The van der Waals surface area contributed by atoms with Crippen molar-refractivity contribution in [3.63, 3.8) is 0 Å². The van der Waals surface area contributed by atoms with Crippen molar-refractivity contribution in [1.82, 2.24) is 20.0 Å². The number of carbonyl (C=O) groups is 1. The summed E-state index contributed by atoms with van der Waals surface area (Å²) in [5.41, 5.74) is 3.88. The molecule has 0 aliphatic carbocycles. The molecule has 0 spiro atoms. The molecule has 0 bridgehead atoms. The minimum absolute atomic E-state index is 0. The lowest BCUT2D eigenvalue weighted by molar-refractivity contribution is 0.0600. The van der Waals surface area contributed by atoms with Crippen LogP contribution < -0.4 is 5.32 Å². The Labute approximate surface area is 190 Å². The molecule has 0 fully saturated rings. The van der Waals surface area contributed by atoms with Crippen LogP contribution in [0, 0.1) is 0 Å². The number of ether oxygens (including phenoxy) is 1. The van der Waals surface area contributed by atoms with Gasteiger partial charge in [-0.25, -0.2) is 9.79 Å². The van der Waals surface area contributed by atoms with E-state index in [1.54, 1.807) is 12.1 Å². The topological polar surface area (TPSA) is 71.8 Å². The fraction of sp³-hybridized carbons (Fsp3) is 0.476. The Kier molecular flexibility index (Phi) is 10.1. The van der Waals surface area contributed by atoms with Gasteiger partial charge in [-0.1, -0.05) is 26.0 Å². The highest BCUT2D eigenvalue weighted by atomic mass is 127. The van der Waals surface area contributed by atoms with Crippen LogP contribution in [0.4, 0.5) is 0 Å². The Morgan fingerprint density at radius 2 is 1.97 bits per heavy atom. The number of nitrogens with one attached hydrogen (secondary N) is 1. The molecule has 7 nitrogen and oxygen atoms in total. The molecule has 1 N–H and O–H groups in total. The molecule has 0 radical (unpaired) electrons. The van der Waals surface area contributed by atoms with E-state index in [2.05, 4.69) is 42.3 Å². The molecular weight excluding hydrogens is 481 g/mol. The first-order valence-corrected chi connectivity index (χ1v) is 9.54. The van der Waals surface area contributed by atoms with Gasteiger partial charge in [0.05, 0.1) is 24.9 Å². The normalized spacial score (nSPS) is 11.2. The Bertz CT molecular complexity index is 815. The smallest absolute Gasteiger partial charge is 0.337 e. The zero-order valence-electron chi connectivity index (χ0n) is 18.1. The van der Waals surface area contributed by atoms with E-state index in [9.17, 15) is 4.79 Å². The van der Waals surface area contributed by atoms with Crippen molar-refractivity contribution in [3.05, 3.63) is 52.8 Å². The van der Waals surface area contributed by atoms with Gasteiger partial charge in [0, 0.05) is 38.9 Å². The number of aryl methyl sites for hydroxylation is 1. The molecule has 8 heteroatoms. The van der Waals surface area contributed by atoms with Crippen molar-refractivity contribution in [2.45, 2.75) is 39.8 Å². The predicted octanol–water partition coefficient (Wildman–Crippen LogP) is 3.55. The van der Waals surface area contributed by atoms with E-state index < -0.39 is 0 Å². The number of carbonyl (C=O) groups excluding carboxylic acids is 1. The summed E-state index contributed by atoms with van der Waals surface area (Å²) in [5, 5.41) is 7.93.